The van der Waals surface area contributed by atoms with E-state index < -0.39 is 6.10 Å². The van der Waals surface area contributed by atoms with Gasteiger partial charge in [0.1, 0.15) is 5.82 Å². The highest BCUT2D eigenvalue weighted by molar-refractivity contribution is 6.31. The van der Waals surface area contributed by atoms with Crippen molar-refractivity contribution in [1.82, 2.24) is 4.98 Å². The number of aromatic nitrogens is 1. The maximum Gasteiger partial charge on any atom is 0.124 e. The molecule has 1 aromatic heterocycles. The van der Waals surface area contributed by atoms with Gasteiger partial charge in [-0.05, 0) is 54.7 Å². The summed E-state index contributed by atoms with van der Waals surface area (Å²) in [5.74, 6) is -0.361. The van der Waals surface area contributed by atoms with Crippen LogP contribution in [0.5, 0.6) is 0 Å². The number of aliphatic hydroxyl groups excluding tert-OH is 1. The van der Waals surface area contributed by atoms with Gasteiger partial charge in [-0.15, -0.1) is 0 Å². The Balaban J connectivity index is 1.89. The van der Waals surface area contributed by atoms with Gasteiger partial charge in [0.15, 0.2) is 0 Å². The molecule has 0 saturated carbocycles. The van der Waals surface area contributed by atoms with Gasteiger partial charge in [0.2, 0.25) is 0 Å². The second-order valence-electron chi connectivity index (χ2n) is 4.49. The summed E-state index contributed by atoms with van der Waals surface area (Å²) in [7, 11) is 0. The Morgan fingerprint density at radius 2 is 1.95 bits per heavy atom. The maximum absolute atomic E-state index is 12.9. The Bertz CT molecular complexity index is 533. The van der Waals surface area contributed by atoms with Gasteiger partial charge in [-0.1, -0.05) is 17.7 Å². The van der Waals surface area contributed by atoms with E-state index in [0.29, 0.717) is 17.9 Å². The molecule has 1 atom stereocenters. The molecule has 0 amide bonds. The van der Waals surface area contributed by atoms with E-state index in [2.05, 4.69) is 4.98 Å². The van der Waals surface area contributed by atoms with Crippen LogP contribution in [0.1, 0.15) is 17.5 Å². The lowest BCUT2D eigenvalue weighted by molar-refractivity contribution is 0.165. The number of nitrogens with zero attached hydrogens (tertiary/aromatic N) is 1. The molecule has 0 fully saturated rings. The van der Waals surface area contributed by atoms with E-state index in [9.17, 15) is 9.50 Å². The van der Waals surface area contributed by atoms with Crippen LogP contribution in [-0.2, 0) is 12.8 Å². The molecular weight excluding hydrogens is 265 g/mol. The topological polar surface area (TPSA) is 33.1 Å². The molecule has 1 aromatic carbocycles. The summed E-state index contributed by atoms with van der Waals surface area (Å²) in [6.07, 6.45) is 4.83. The average Bonchev–Trinajstić information content (AvgIpc) is 2.41. The maximum atomic E-state index is 12.9. The van der Waals surface area contributed by atoms with Gasteiger partial charge in [0.25, 0.3) is 0 Å². The van der Waals surface area contributed by atoms with Crippen LogP contribution in [0.3, 0.4) is 0 Å². The zero-order valence-corrected chi connectivity index (χ0v) is 11.1. The highest BCUT2D eigenvalue weighted by Gasteiger charge is 2.09. The van der Waals surface area contributed by atoms with Crippen molar-refractivity contribution in [3.8, 4) is 0 Å². The smallest absolute Gasteiger partial charge is 0.124 e. The van der Waals surface area contributed by atoms with Gasteiger partial charge in [0, 0.05) is 17.4 Å². The van der Waals surface area contributed by atoms with E-state index in [1.54, 1.807) is 18.5 Å². The Morgan fingerprint density at radius 3 is 2.63 bits per heavy atom. The number of hydrogen-bond donors (Lipinski definition) is 1. The van der Waals surface area contributed by atoms with Crippen LogP contribution in [0.25, 0.3) is 0 Å². The van der Waals surface area contributed by atoms with Crippen molar-refractivity contribution in [3.05, 3.63) is 64.7 Å². The average molecular weight is 280 g/mol. The van der Waals surface area contributed by atoms with Gasteiger partial charge in [-0.25, -0.2) is 4.39 Å². The van der Waals surface area contributed by atoms with Crippen LogP contribution in [-0.4, -0.2) is 16.2 Å². The van der Waals surface area contributed by atoms with Crippen molar-refractivity contribution in [3.63, 3.8) is 0 Å². The van der Waals surface area contributed by atoms with E-state index in [1.165, 1.54) is 12.1 Å². The molecule has 0 aliphatic heterocycles. The third kappa shape index (κ3) is 4.30. The lowest BCUT2D eigenvalue weighted by Gasteiger charge is -2.11. The SMILES string of the molecule is OC(CCc1ccncc1)Cc1ccc(F)cc1Cl. The van der Waals surface area contributed by atoms with Crippen LogP contribution in [0, 0.1) is 5.82 Å². The summed E-state index contributed by atoms with van der Waals surface area (Å²) >= 11 is 5.93. The minimum atomic E-state index is -0.490. The minimum Gasteiger partial charge on any atom is -0.393 e. The largest absolute Gasteiger partial charge is 0.393 e. The van der Waals surface area contributed by atoms with Gasteiger partial charge in [0.05, 0.1) is 6.10 Å². The van der Waals surface area contributed by atoms with E-state index in [1.807, 2.05) is 12.1 Å². The summed E-state index contributed by atoms with van der Waals surface area (Å²) in [4.78, 5) is 3.94. The number of hydrogen-bond acceptors (Lipinski definition) is 2. The third-order valence-corrected chi connectivity index (χ3v) is 3.34. The van der Waals surface area contributed by atoms with E-state index in [0.717, 1.165) is 17.5 Å². The summed E-state index contributed by atoms with van der Waals surface area (Å²) in [5.41, 5.74) is 1.91. The molecule has 0 spiro atoms. The molecule has 2 rings (SSSR count). The van der Waals surface area contributed by atoms with Crippen LogP contribution in [0.2, 0.25) is 5.02 Å². The van der Waals surface area contributed by atoms with Crippen molar-refractivity contribution in [1.29, 1.82) is 0 Å². The quantitative estimate of drug-likeness (QED) is 0.910. The van der Waals surface area contributed by atoms with Crippen LogP contribution >= 0.6 is 11.6 Å². The van der Waals surface area contributed by atoms with Gasteiger partial charge in [-0.2, -0.15) is 0 Å². The van der Waals surface area contributed by atoms with E-state index >= 15 is 0 Å². The molecule has 0 bridgehead atoms. The first-order valence-electron chi connectivity index (χ1n) is 6.16. The summed E-state index contributed by atoms with van der Waals surface area (Å²) in [5, 5.41) is 10.4. The Labute approximate surface area is 116 Å². The minimum absolute atomic E-state index is 0.361. The fourth-order valence-electron chi connectivity index (χ4n) is 1.93. The standard InChI is InChI=1S/C15H15ClFNO/c16-15-10-13(17)3-2-12(15)9-14(19)4-1-11-5-7-18-8-6-11/h2-3,5-8,10,14,19H,1,4,9H2. The highest BCUT2D eigenvalue weighted by atomic mass is 35.5. The monoisotopic (exact) mass is 279 g/mol. The second-order valence-corrected chi connectivity index (χ2v) is 4.90. The predicted molar refractivity (Wildman–Crippen MR) is 73.7 cm³/mol. The molecule has 0 aliphatic rings. The fraction of sp³-hybridized carbons (Fsp3) is 0.267. The van der Waals surface area contributed by atoms with E-state index in [-0.39, 0.29) is 5.82 Å². The van der Waals surface area contributed by atoms with Gasteiger partial charge in [-0.3, -0.25) is 4.98 Å². The third-order valence-electron chi connectivity index (χ3n) is 2.99. The number of benzene rings is 1. The Hall–Kier alpha value is -1.45. The highest BCUT2D eigenvalue weighted by Crippen LogP contribution is 2.20. The fourth-order valence-corrected chi connectivity index (χ4v) is 2.17. The summed E-state index contributed by atoms with van der Waals surface area (Å²) in [6.45, 7) is 0. The first-order chi connectivity index (χ1) is 9.15. The number of halogens is 2. The van der Waals surface area contributed by atoms with Gasteiger partial charge >= 0.3 is 0 Å². The molecule has 1 heterocycles. The van der Waals surface area contributed by atoms with Crippen molar-refractivity contribution in [2.45, 2.75) is 25.4 Å². The molecule has 2 aromatic rings. The normalized spacial score (nSPS) is 12.4. The van der Waals surface area contributed by atoms with Crippen molar-refractivity contribution in [2.75, 3.05) is 0 Å². The van der Waals surface area contributed by atoms with E-state index in [4.69, 9.17) is 11.6 Å². The van der Waals surface area contributed by atoms with Crippen LogP contribution in [0.15, 0.2) is 42.7 Å². The number of pyridine rings is 1. The van der Waals surface area contributed by atoms with Gasteiger partial charge < -0.3 is 5.11 Å². The molecule has 1 unspecified atom stereocenters. The molecule has 0 aliphatic carbocycles. The number of aryl methyl sites for hydroxylation is 1. The summed E-state index contributed by atoms with van der Waals surface area (Å²) < 4.78 is 12.9. The molecule has 2 nitrogen and oxygen atoms in total. The lowest BCUT2D eigenvalue weighted by Crippen LogP contribution is -2.12. The predicted octanol–water partition coefficient (Wildman–Crippen LogP) is 3.41. The molecule has 100 valence electrons. The van der Waals surface area contributed by atoms with Crippen molar-refractivity contribution < 1.29 is 9.50 Å². The zero-order valence-electron chi connectivity index (χ0n) is 10.4. The Kier molecular flexibility index (Phi) is 4.88. The molecule has 0 radical (unpaired) electrons. The molecule has 19 heavy (non-hydrogen) atoms. The molecular formula is C15H15ClFNO. The second kappa shape index (κ2) is 6.64. The summed E-state index contributed by atoms with van der Waals surface area (Å²) in [6, 6.07) is 8.10. The Morgan fingerprint density at radius 1 is 1.21 bits per heavy atom. The lowest BCUT2D eigenvalue weighted by atomic mass is 10.0. The number of rotatable bonds is 5. The van der Waals surface area contributed by atoms with Crippen LogP contribution < -0.4 is 0 Å². The first-order valence-corrected chi connectivity index (χ1v) is 6.54. The molecule has 0 saturated heterocycles. The molecule has 1 N–H and O–H groups in total. The molecule has 4 heteroatoms. The number of aliphatic hydroxyl groups is 1. The van der Waals surface area contributed by atoms with Crippen molar-refractivity contribution >= 4 is 11.6 Å². The van der Waals surface area contributed by atoms with Crippen molar-refractivity contribution in [2.24, 2.45) is 0 Å². The zero-order chi connectivity index (χ0) is 13.7. The van der Waals surface area contributed by atoms with Crippen LogP contribution in [0.4, 0.5) is 4.39 Å². The first kappa shape index (κ1) is 14.0.